The number of carbonyl (C=O) groups excluding carboxylic acids is 1. The molecular formula is C29H33FN2O2. The molecule has 34 heavy (non-hydrogen) atoms. The van der Waals surface area contributed by atoms with Gasteiger partial charge in [-0.05, 0) is 98.8 Å². The summed E-state index contributed by atoms with van der Waals surface area (Å²) in [4.78, 5) is 15.0. The number of anilines is 1. The van der Waals surface area contributed by atoms with Crippen molar-refractivity contribution in [3.8, 4) is 5.75 Å². The molecule has 1 aliphatic heterocycles. The molecule has 4 rings (SSSR count). The number of hydrogen-bond acceptors (Lipinski definition) is 3. The SMILES string of the molecule is O=C(CC1CCN(CCCc2cccc(F)c2)CC1)Nc1ccc(OCc2ccccc2)cc1. The Balaban J connectivity index is 1.12. The highest BCUT2D eigenvalue weighted by atomic mass is 19.1. The van der Waals surface area contributed by atoms with Gasteiger partial charge < -0.3 is 15.0 Å². The summed E-state index contributed by atoms with van der Waals surface area (Å²) in [6.07, 6.45) is 4.57. The van der Waals surface area contributed by atoms with E-state index in [1.807, 2.05) is 60.7 Å². The fourth-order valence-electron chi connectivity index (χ4n) is 4.46. The average molecular weight is 461 g/mol. The van der Waals surface area contributed by atoms with Crippen LogP contribution in [0.25, 0.3) is 0 Å². The number of nitrogens with one attached hydrogen (secondary N) is 1. The van der Waals surface area contributed by atoms with Gasteiger partial charge in [0.1, 0.15) is 18.2 Å². The van der Waals surface area contributed by atoms with Crippen LogP contribution < -0.4 is 10.1 Å². The maximum absolute atomic E-state index is 13.3. The molecule has 1 aliphatic rings. The normalized spacial score (nSPS) is 14.6. The summed E-state index contributed by atoms with van der Waals surface area (Å²) in [7, 11) is 0. The third kappa shape index (κ3) is 7.70. The van der Waals surface area contributed by atoms with Gasteiger partial charge in [-0.25, -0.2) is 4.39 Å². The lowest BCUT2D eigenvalue weighted by Crippen LogP contribution is -2.35. The monoisotopic (exact) mass is 460 g/mol. The first kappa shape index (κ1) is 24.0. The van der Waals surface area contributed by atoms with E-state index in [0.29, 0.717) is 18.9 Å². The molecular weight excluding hydrogens is 427 g/mol. The lowest BCUT2D eigenvalue weighted by molar-refractivity contribution is -0.117. The maximum Gasteiger partial charge on any atom is 0.224 e. The zero-order chi connectivity index (χ0) is 23.6. The van der Waals surface area contributed by atoms with Gasteiger partial charge in [-0.15, -0.1) is 0 Å². The Labute approximate surface area is 201 Å². The molecule has 1 N–H and O–H groups in total. The van der Waals surface area contributed by atoms with Crippen molar-refractivity contribution in [3.63, 3.8) is 0 Å². The van der Waals surface area contributed by atoms with Gasteiger partial charge in [-0.3, -0.25) is 4.79 Å². The minimum Gasteiger partial charge on any atom is -0.489 e. The molecule has 178 valence electrons. The van der Waals surface area contributed by atoms with Crippen LogP contribution in [-0.4, -0.2) is 30.4 Å². The molecule has 1 saturated heterocycles. The summed E-state index contributed by atoms with van der Waals surface area (Å²) in [5.41, 5.74) is 2.98. The van der Waals surface area contributed by atoms with Gasteiger partial charge >= 0.3 is 0 Å². The highest BCUT2D eigenvalue weighted by Crippen LogP contribution is 2.23. The smallest absolute Gasteiger partial charge is 0.224 e. The van der Waals surface area contributed by atoms with E-state index in [1.165, 1.54) is 6.07 Å². The molecule has 0 aromatic heterocycles. The number of nitrogens with zero attached hydrogens (tertiary/aromatic N) is 1. The minimum atomic E-state index is -0.163. The number of benzene rings is 3. The van der Waals surface area contributed by atoms with Crippen LogP contribution in [0.1, 0.15) is 36.8 Å². The van der Waals surface area contributed by atoms with Crippen molar-refractivity contribution < 1.29 is 13.9 Å². The van der Waals surface area contributed by atoms with Gasteiger partial charge in [0.25, 0.3) is 0 Å². The van der Waals surface area contributed by atoms with Gasteiger partial charge in [-0.2, -0.15) is 0 Å². The second-order valence-electron chi connectivity index (χ2n) is 9.07. The summed E-state index contributed by atoms with van der Waals surface area (Å²) < 4.78 is 19.1. The quantitative estimate of drug-likeness (QED) is 0.399. The predicted molar refractivity (Wildman–Crippen MR) is 134 cm³/mol. The summed E-state index contributed by atoms with van der Waals surface area (Å²) in [6, 6.07) is 24.5. The highest BCUT2D eigenvalue weighted by molar-refractivity contribution is 5.90. The van der Waals surface area contributed by atoms with E-state index in [4.69, 9.17) is 4.74 Å². The van der Waals surface area contributed by atoms with Crippen LogP contribution in [-0.2, 0) is 17.8 Å². The Morgan fingerprint density at radius 2 is 1.68 bits per heavy atom. The van der Waals surface area contributed by atoms with Crippen LogP contribution in [0, 0.1) is 11.7 Å². The number of likely N-dealkylation sites (tertiary alicyclic amines) is 1. The molecule has 1 fully saturated rings. The summed E-state index contributed by atoms with van der Waals surface area (Å²) in [6.45, 7) is 3.59. The fourth-order valence-corrected chi connectivity index (χ4v) is 4.46. The highest BCUT2D eigenvalue weighted by Gasteiger charge is 2.21. The molecule has 0 spiro atoms. The van der Waals surface area contributed by atoms with Gasteiger partial charge in [0.15, 0.2) is 0 Å². The van der Waals surface area contributed by atoms with Crippen molar-refractivity contribution >= 4 is 11.6 Å². The summed E-state index contributed by atoms with van der Waals surface area (Å²) in [5, 5.41) is 3.02. The van der Waals surface area contributed by atoms with E-state index < -0.39 is 0 Å². The molecule has 3 aromatic rings. The van der Waals surface area contributed by atoms with E-state index in [0.717, 1.165) is 67.9 Å². The topological polar surface area (TPSA) is 41.6 Å². The first-order chi connectivity index (χ1) is 16.6. The van der Waals surface area contributed by atoms with Crippen molar-refractivity contribution in [2.45, 2.75) is 38.7 Å². The molecule has 5 heteroatoms. The van der Waals surface area contributed by atoms with Crippen LogP contribution in [0.3, 0.4) is 0 Å². The molecule has 0 radical (unpaired) electrons. The molecule has 1 heterocycles. The second-order valence-corrected chi connectivity index (χ2v) is 9.07. The maximum atomic E-state index is 13.3. The number of amides is 1. The molecule has 3 aromatic carbocycles. The lowest BCUT2D eigenvalue weighted by Gasteiger charge is -2.31. The Bertz CT molecular complexity index is 1030. The average Bonchev–Trinajstić information content (AvgIpc) is 2.85. The van der Waals surface area contributed by atoms with E-state index in [9.17, 15) is 9.18 Å². The van der Waals surface area contributed by atoms with Gasteiger partial charge in [-0.1, -0.05) is 42.5 Å². The van der Waals surface area contributed by atoms with Crippen molar-refractivity contribution in [3.05, 3.63) is 95.8 Å². The number of hydrogen-bond donors (Lipinski definition) is 1. The van der Waals surface area contributed by atoms with Crippen LogP contribution >= 0.6 is 0 Å². The van der Waals surface area contributed by atoms with Crippen LogP contribution in [0.15, 0.2) is 78.9 Å². The number of halogens is 1. The molecule has 4 nitrogen and oxygen atoms in total. The molecule has 1 amide bonds. The second kappa shape index (κ2) is 12.3. The van der Waals surface area contributed by atoms with Crippen molar-refractivity contribution in [2.24, 2.45) is 5.92 Å². The van der Waals surface area contributed by atoms with E-state index in [1.54, 1.807) is 12.1 Å². The third-order valence-electron chi connectivity index (χ3n) is 6.40. The Morgan fingerprint density at radius 3 is 2.41 bits per heavy atom. The lowest BCUT2D eigenvalue weighted by atomic mass is 9.93. The summed E-state index contributed by atoms with van der Waals surface area (Å²) >= 11 is 0. The molecule has 0 saturated carbocycles. The van der Waals surface area contributed by atoms with Crippen molar-refractivity contribution in [1.82, 2.24) is 4.90 Å². The van der Waals surface area contributed by atoms with Crippen molar-refractivity contribution in [1.29, 1.82) is 0 Å². The van der Waals surface area contributed by atoms with Gasteiger partial charge in [0.2, 0.25) is 5.91 Å². The summed E-state index contributed by atoms with van der Waals surface area (Å²) in [5.74, 6) is 1.12. The molecule has 0 atom stereocenters. The first-order valence-electron chi connectivity index (χ1n) is 12.2. The van der Waals surface area contributed by atoms with E-state index in [2.05, 4.69) is 10.2 Å². The molecule has 0 aliphatic carbocycles. The molecule has 0 unspecified atom stereocenters. The van der Waals surface area contributed by atoms with E-state index >= 15 is 0 Å². The van der Waals surface area contributed by atoms with Crippen LogP contribution in [0.2, 0.25) is 0 Å². The van der Waals surface area contributed by atoms with E-state index in [-0.39, 0.29) is 11.7 Å². The van der Waals surface area contributed by atoms with Gasteiger partial charge in [0, 0.05) is 12.1 Å². The Hall–Kier alpha value is -3.18. The van der Waals surface area contributed by atoms with Crippen LogP contribution in [0.4, 0.5) is 10.1 Å². The van der Waals surface area contributed by atoms with Crippen molar-refractivity contribution in [2.75, 3.05) is 25.0 Å². The minimum absolute atomic E-state index is 0.0718. The molecule has 0 bridgehead atoms. The Morgan fingerprint density at radius 1 is 0.941 bits per heavy atom. The zero-order valence-corrected chi connectivity index (χ0v) is 19.6. The van der Waals surface area contributed by atoms with Crippen LogP contribution in [0.5, 0.6) is 5.75 Å². The largest absolute Gasteiger partial charge is 0.489 e. The number of piperidine rings is 1. The standard InChI is InChI=1S/C29H33FN2O2/c30-26-10-4-8-23(20-26)9-5-17-32-18-15-24(16-19-32)21-29(33)31-27-11-13-28(14-12-27)34-22-25-6-2-1-3-7-25/h1-4,6-8,10-14,20,24H,5,9,15-19,21-22H2,(H,31,33). The third-order valence-corrected chi connectivity index (χ3v) is 6.40. The fraction of sp³-hybridized carbons (Fsp3) is 0.345. The number of rotatable bonds is 10. The predicted octanol–water partition coefficient (Wildman–Crippen LogP) is 6.08. The van der Waals surface area contributed by atoms with Gasteiger partial charge in [0.05, 0.1) is 0 Å². The zero-order valence-electron chi connectivity index (χ0n) is 19.6. The Kier molecular flexibility index (Phi) is 8.69. The number of carbonyl (C=O) groups is 1. The number of ether oxygens (including phenoxy) is 1. The first-order valence-corrected chi connectivity index (χ1v) is 12.2. The number of aryl methyl sites for hydroxylation is 1.